The Kier molecular flexibility index (Phi) is 9.05. The van der Waals surface area contributed by atoms with Crippen molar-refractivity contribution in [3.8, 4) is 11.3 Å². The van der Waals surface area contributed by atoms with E-state index in [1.807, 2.05) is 13.8 Å². The van der Waals surface area contributed by atoms with Crippen LogP contribution in [0.1, 0.15) is 40.3 Å². The molecule has 2 N–H and O–H groups in total. The summed E-state index contributed by atoms with van der Waals surface area (Å²) in [6, 6.07) is 13.3. The van der Waals surface area contributed by atoms with Gasteiger partial charge in [0.15, 0.2) is 0 Å². The number of amides is 1. The van der Waals surface area contributed by atoms with Crippen molar-refractivity contribution in [3.63, 3.8) is 0 Å². The molecule has 0 spiro atoms. The number of nitrogens with two attached hydrogens (primary N) is 1. The summed E-state index contributed by atoms with van der Waals surface area (Å²) in [5.41, 5.74) is 7.62. The lowest BCUT2D eigenvalue weighted by atomic mass is 10.0. The zero-order valence-corrected chi connectivity index (χ0v) is 23.9. The molecule has 0 radical (unpaired) electrons. The van der Waals surface area contributed by atoms with Gasteiger partial charge in [-0.2, -0.15) is 13.2 Å². The Bertz CT molecular complexity index is 1660. The summed E-state index contributed by atoms with van der Waals surface area (Å²) in [7, 11) is 0. The third-order valence-electron chi connectivity index (χ3n) is 7.03. The number of hydrogen-bond donors (Lipinski definition) is 1. The lowest BCUT2D eigenvalue weighted by molar-refractivity contribution is -0.210. The van der Waals surface area contributed by atoms with E-state index in [1.165, 1.54) is 11.1 Å². The molecule has 4 aromatic rings. The van der Waals surface area contributed by atoms with Crippen molar-refractivity contribution in [2.24, 2.45) is 11.7 Å². The number of para-hydroxylation sites is 3. The molecule has 0 aliphatic rings. The van der Waals surface area contributed by atoms with E-state index < -0.39 is 29.8 Å². The second-order valence-electron chi connectivity index (χ2n) is 10.5. The van der Waals surface area contributed by atoms with Crippen molar-refractivity contribution in [1.29, 1.82) is 0 Å². The normalized spacial score (nSPS) is 13.5. The number of likely N-dealkylation sites (N-methyl/N-ethyl adjacent to an activating group) is 1. The summed E-state index contributed by atoms with van der Waals surface area (Å²) in [5.74, 6) is -3.04. The molecule has 4 rings (SSSR count). The molecule has 0 bridgehead atoms. The van der Waals surface area contributed by atoms with Crippen LogP contribution in [0.25, 0.3) is 33.2 Å². The van der Waals surface area contributed by atoms with Gasteiger partial charge in [-0.05, 0) is 44.4 Å². The van der Waals surface area contributed by atoms with E-state index in [9.17, 15) is 27.6 Å². The standard InChI is InChI=1S/C30H34F3N5O4/c1-5-36(6-2)27(40)28(42-29(41)30(31,32)33)38-17-21(20-11-7-9-13-23(20)38)25-26(39)37(16-19(34)15-18(3)4)24-14-10-8-12-22(24)35-25/h7-14,17-19,28H,5-6,15-16,34H2,1-4H3. The number of benzene rings is 2. The van der Waals surface area contributed by atoms with E-state index >= 15 is 0 Å². The fraction of sp³-hybridized carbons (Fsp3) is 0.400. The largest absolute Gasteiger partial charge is 0.491 e. The molecule has 2 aromatic carbocycles. The Morgan fingerprint density at radius 1 is 1.02 bits per heavy atom. The number of hydrogen-bond acceptors (Lipinski definition) is 6. The molecule has 2 atom stereocenters. The molecule has 0 fully saturated rings. The van der Waals surface area contributed by atoms with Crippen molar-refractivity contribution in [2.75, 3.05) is 13.1 Å². The average Bonchev–Trinajstić information content (AvgIpc) is 3.31. The minimum absolute atomic E-state index is 0.0246. The number of alkyl halides is 3. The van der Waals surface area contributed by atoms with Crippen LogP contribution in [0.3, 0.4) is 0 Å². The minimum atomic E-state index is -5.32. The Morgan fingerprint density at radius 3 is 2.26 bits per heavy atom. The van der Waals surface area contributed by atoms with Gasteiger partial charge in [-0.3, -0.25) is 9.59 Å². The van der Waals surface area contributed by atoms with Crippen LogP contribution in [0.5, 0.6) is 0 Å². The fourth-order valence-electron chi connectivity index (χ4n) is 5.14. The van der Waals surface area contributed by atoms with Crippen molar-refractivity contribution in [1.82, 2.24) is 19.0 Å². The van der Waals surface area contributed by atoms with Crippen molar-refractivity contribution < 1.29 is 27.5 Å². The van der Waals surface area contributed by atoms with Crippen molar-refractivity contribution in [3.05, 3.63) is 65.1 Å². The first-order chi connectivity index (χ1) is 19.9. The van der Waals surface area contributed by atoms with Crippen LogP contribution in [0.2, 0.25) is 0 Å². The predicted molar refractivity (Wildman–Crippen MR) is 153 cm³/mol. The fourth-order valence-corrected chi connectivity index (χ4v) is 5.14. The first-order valence-electron chi connectivity index (χ1n) is 13.8. The second-order valence-corrected chi connectivity index (χ2v) is 10.5. The van der Waals surface area contributed by atoms with Crippen LogP contribution in [-0.4, -0.2) is 56.2 Å². The van der Waals surface area contributed by atoms with E-state index in [0.717, 1.165) is 4.57 Å². The second kappa shape index (κ2) is 12.4. The van der Waals surface area contributed by atoms with Gasteiger partial charge in [-0.25, -0.2) is 9.78 Å². The Balaban J connectivity index is 1.96. The number of rotatable bonds is 10. The Morgan fingerprint density at radius 2 is 1.64 bits per heavy atom. The number of carbonyl (C=O) groups is 2. The lowest BCUT2D eigenvalue weighted by Gasteiger charge is -2.26. The van der Waals surface area contributed by atoms with Crippen molar-refractivity contribution >= 4 is 33.8 Å². The number of fused-ring (bicyclic) bond motifs is 2. The molecule has 1 amide bonds. The molecule has 42 heavy (non-hydrogen) atoms. The van der Waals surface area contributed by atoms with Crippen LogP contribution >= 0.6 is 0 Å². The maximum atomic E-state index is 14.0. The molecule has 2 aromatic heterocycles. The SMILES string of the molecule is CCN(CC)C(=O)C(OC(=O)C(F)(F)F)n1cc(-c2nc3ccccc3n(CC(N)CC(C)C)c2=O)c2ccccc21. The van der Waals surface area contributed by atoms with E-state index in [4.69, 9.17) is 10.5 Å². The van der Waals surface area contributed by atoms with Gasteiger partial charge in [-0.15, -0.1) is 0 Å². The zero-order valence-electron chi connectivity index (χ0n) is 23.9. The van der Waals surface area contributed by atoms with Crippen LogP contribution in [0, 0.1) is 5.92 Å². The van der Waals surface area contributed by atoms with Gasteiger partial charge in [0, 0.05) is 42.8 Å². The van der Waals surface area contributed by atoms with Gasteiger partial charge in [0.2, 0.25) is 0 Å². The summed E-state index contributed by atoms with van der Waals surface area (Å²) in [6.07, 6.45) is -5.27. The summed E-state index contributed by atoms with van der Waals surface area (Å²) in [5, 5.41) is 0.441. The van der Waals surface area contributed by atoms with E-state index in [0.29, 0.717) is 28.8 Å². The first-order valence-corrected chi connectivity index (χ1v) is 13.8. The number of ether oxygens (including phenoxy) is 1. The summed E-state index contributed by atoms with van der Waals surface area (Å²) < 4.78 is 47.4. The minimum Gasteiger partial charge on any atom is -0.425 e. The zero-order chi connectivity index (χ0) is 30.8. The average molecular weight is 586 g/mol. The Labute approximate surface area is 240 Å². The lowest BCUT2D eigenvalue weighted by Crippen LogP contribution is -2.41. The van der Waals surface area contributed by atoms with E-state index in [1.54, 1.807) is 66.9 Å². The highest BCUT2D eigenvalue weighted by Crippen LogP contribution is 2.33. The molecule has 2 unspecified atom stereocenters. The highest BCUT2D eigenvalue weighted by Gasteiger charge is 2.44. The van der Waals surface area contributed by atoms with Gasteiger partial charge in [0.25, 0.3) is 17.7 Å². The maximum absolute atomic E-state index is 14.0. The molecule has 0 saturated heterocycles. The predicted octanol–water partition coefficient (Wildman–Crippen LogP) is 4.86. The van der Waals surface area contributed by atoms with Crippen LogP contribution in [-0.2, 0) is 20.9 Å². The Hall–Kier alpha value is -4.19. The van der Waals surface area contributed by atoms with Gasteiger partial charge < -0.3 is 24.5 Å². The molecule has 2 heterocycles. The number of carbonyl (C=O) groups excluding carboxylic acids is 2. The van der Waals surface area contributed by atoms with Crippen molar-refractivity contribution in [2.45, 2.75) is 59.1 Å². The quantitative estimate of drug-likeness (QED) is 0.266. The summed E-state index contributed by atoms with van der Waals surface area (Å²) in [6.45, 7) is 7.97. The maximum Gasteiger partial charge on any atom is 0.491 e. The highest BCUT2D eigenvalue weighted by atomic mass is 19.4. The number of nitrogens with zero attached hydrogens (tertiary/aromatic N) is 4. The van der Waals surface area contributed by atoms with Crippen LogP contribution < -0.4 is 11.3 Å². The number of halogens is 3. The highest BCUT2D eigenvalue weighted by molar-refractivity contribution is 5.97. The van der Waals surface area contributed by atoms with E-state index in [2.05, 4.69) is 4.98 Å². The van der Waals surface area contributed by atoms with Gasteiger partial charge in [0.05, 0.1) is 16.6 Å². The third kappa shape index (κ3) is 6.18. The first kappa shape index (κ1) is 30.8. The number of aromatic nitrogens is 3. The smallest absolute Gasteiger partial charge is 0.425 e. The summed E-state index contributed by atoms with van der Waals surface area (Å²) in [4.78, 5) is 45.3. The topological polar surface area (TPSA) is 112 Å². The number of esters is 1. The van der Waals surface area contributed by atoms with Gasteiger partial charge >= 0.3 is 12.1 Å². The molecule has 9 nitrogen and oxygen atoms in total. The van der Waals surface area contributed by atoms with E-state index in [-0.39, 0.29) is 42.5 Å². The molecular weight excluding hydrogens is 551 g/mol. The molecule has 0 aliphatic heterocycles. The molecule has 12 heteroatoms. The third-order valence-corrected chi connectivity index (χ3v) is 7.03. The molecule has 0 saturated carbocycles. The molecule has 0 aliphatic carbocycles. The monoisotopic (exact) mass is 585 g/mol. The van der Waals surface area contributed by atoms with Gasteiger partial charge in [0.1, 0.15) is 5.69 Å². The van der Waals surface area contributed by atoms with Gasteiger partial charge in [-0.1, -0.05) is 44.2 Å². The summed E-state index contributed by atoms with van der Waals surface area (Å²) >= 11 is 0. The van der Waals surface area contributed by atoms with Crippen LogP contribution in [0.15, 0.2) is 59.5 Å². The molecular formula is C30H34F3N5O4. The van der Waals surface area contributed by atoms with Crippen LogP contribution in [0.4, 0.5) is 13.2 Å². The molecule has 224 valence electrons.